The number of carbonyl (C=O) groups is 1. The topological polar surface area (TPSA) is 64.2 Å². The third-order valence-corrected chi connectivity index (χ3v) is 4.10. The summed E-state index contributed by atoms with van der Waals surface area (Å²) in [6, 6.07) is 0. The van der Waals surface area contributed by atoms with E-state index in [0.29, 0.717) is 12.5 Å². The highest BCUT2D eigenvalue weighted by atomic mass is 35.5. The van der Waals surface area contributed by atoms with E-state index in [4.69, 9.17) is 5.73 Å². The van der Waals surface area contributed by atoms with Crippen molar-refractivity contribution in [2.45, 2.75) is 33.1 Å². The molecule has 0 radical (unpaired) electrons. The molecule has 2 heterocycles. The molecule has 0 bridgehead atoms. The Morgan fingerprint density at radius 3 is 2.70 bits per heavy atom. The molecule has 1 aromatic rings. The number of carbonyl (C=O) groups excluding carboxylic acids is 1. The molecule has 1 atom stereocenters. The van der Waals surface area contributed by atoms with Crippen LogP contribution in [0.5, 0.6) is 0 Å². The van der Waals surface area contributed by atoms with Gasteiger partial charge in [-0.1, -0.05) is 0 Å². The normalized spacial score (nSPS) is 18.8. The summed E-state index contributed by atoms with van der Waals surface area (Å²) in [6.45, 7) is 6.26. The van der Waals surface area contributed by atoms with Crippen LogP contribution in [0.15, 0.2) is 0 Å². The van der Waals surface area contributed by atoms with Crippen LogP contribution in [0.4, 0.5) is 0 Å². The van der Waals surface area contributed by atoms with Crippen molar-refractivity contribution in [1.29, 1.82) is 0 Å². The van der Waals surface area contributed by atoms with Crippen LogP contribution in [-0.2, 0) is 7.05 Å². The number of nitrogens with two attached hydrogens (primary N) is 1. The smallest absolute Gasteiger partial charge is 0.257 e. The number of nitrogens with zero attached hydrogens (tertiary/aromatic N) is 3. The van der Waals surface area contributed by atoms with Gasteiger partial charge in [0, 0.05) is 25.8 Å². The molecule has 5 nitrogen and oxygen atoms in total. The highest BCUT2D eigenvalue weighted by Gasteiger charge is 2.27. The molecule has 1 amide bonds. The lowest BCUT2D eigenvalue weighted by atomic mass is 9.94. The van der Waals surface area contributed by atoms with Crippen molar-refractivity contribution in [2.24, 2.45) is 18.7 Å². The van der Waals surface area contributed by atoms with Gasteiger partial charge in [0.15, 0.2) is 0 Å². The number of aryl methyl sites for hydroxylation is 2. The first-order valence-corrected chi connectivity index (χ1v) is 7.04. The highest BCUT2D eigenvalue weighted by molar-refractivity contribution is 5.96. The second-order valence-corrected chi connectivity index (χ2v) is 5.51. The molecule has 0 aliphatic carbocycles. The monoisotopic (exact) mass is 300 g/mol. The maximum absolute atomic E-state index is 12.6. The Morgan fingerprint density at radius 2 is 2.15 bits per heavy atom. The van der Waals surface area contributed by atoms with Crippen LogP contribution in [0.1, 0.15) is 41.0 Å². The first-order valence-electron chi connectivity index (χ1n) is 7.04. The van der Waals surface area contributed by atoms with Gasteiger partial charge in [0.05, 0.1) is 11.3 Å². The number of halogens is 1. The Bertz CT molecular complexity index is 470. The van der Waals surface area contributed by atoms with Crippen molar-refractivity contribution < 1.29 is 4.79 Å². The van der Waals surface area contributed by atoms with E-state index < -0.39 is 0 Å². The average molecular weight is 301 g/mol. The molecule has 2 rings (SSSR count). The van der Waals surface area contributed by atoms with E-state index in [9.17, 15) is 4.79 Å². The van der Waals surface area contributed by atoms with Gasteiger partial charge in [-0.25, -0.2) is 0 Å². The minimum Gasteiger partial charge on any atom is -0.338 e. The first kappa shape index (κ1) is 17.0. The third kappa shape index (κ3) is 3.33. The standard InChI is InChI=1S/C14H24N4O.ClH/c1-10-13(11(2)17(3)16-10)14(19)18-8-4-5-12(9-18)6-7-15;/h12H,4-9,15H2,1-3H3;1H. The molecule has 0 spiro atoms. The largest absolute Gasteiger partial charge is 0.338 e. The summed E-state index contributed by atoms with van der Waals surface area (Å²) < 4.78 is 1.78. The van der Waals surface area contributed by atoms with E-state index in [-0.39, 0.29) is 18.3 Å². The number of amides is 1. The van der Waals surface area contributed by atoms with Crippen LogP contribution in [-0.4, -0.2) is 40.2 Å². The van der Waals surface area contributed by atoms with Gasteiger partial charge in [-0.2, -0.15) is 5.10 Å². The molecule has 1 saturated heterocycles. The van der Waals surface area contributed by atoms with Crippen molar-refractivity contribution in [2.75, 3.05) is 19.6 Å². The zero-order chi connectivity index (χ0) is 14.0. The van der Waals surface area contributed by atoms with E-state index in [1.807, 2.05) is 25.8 Å². The van der Waals surface area contributed by atoms with Crippen LogP contribution in [0, 0.1) is 19.8 Å². The van der Waals surface area contributed by atoms with Crippen molar-refractivity contribution in [3.63, 3.8) is 0 Å². The molecule has 20 heavy (non-hydrogen) atoms. The summed E-state index contributed by atoms with van der Waals surface area (Å²) >= 11 is 0. The highest BCUT2D eigenvalue weighted by Crippen LogP contribution is 2.22. The quantitative estimate of drug-likeness (QED) is 0.923. The molecule has 0 saturated carbocycles. The summed E-state index contributed by atoms with van der Waals surface area (Å²) in [6.07, 6.45) is 3.27. The van der Waals surface area contributed by atoms with Gasteiger partial charge in [0.25, 0.3) is 5.91 Å². The van der Waals surface area contributed by atoms with Gasteiger partial charge in [-0.15, -0.1) is 12.4 Å². The second kappa shape index (κ2) is 7.09. The van der Waals surface area contributed by atoms with Gasteiger partial charge in [0.2, 0.25) is 0 Å². The third-order valence-electron chi connectivity index (χ3n) is 4.10. The molecule has 1 aliphatic heterocycles. The van der Waals surface area contributed by atoms with Crippen LogP contribution in [0.25, 0.3) is 0 Å². The summed E-state index contributed by atoms with van der Waals surface area (Å²) in [7, 11) is 1.88. The molecular weight excluding hydrogens is 276 g/mol. The predicted octanol–water partition coefficient (Wildman–Crippen LogP) is 1.66. The molecule has 0 aromatic carbocycles. The molecule has 2 N–H and O–H groups in total. The lowest BCUT2D eigenvalue weighted by molar-refractivity contribution is 0.0668. The van der Waals surface area contributed by atoms with E-state index in [1.54, 1.807) is 4.68 Å². The Hall–Kier alpha value is -1.07. The van der Waals surface area contributed by atoms with Gasteiger partial charge < -0.3 is 10.6 Å². The number of piperidine rings is 1. The van der Waals surface area contributed by atoms with Gasteiger partial charge in [-0.3, -0.25) is 9.48 Å². The molecule has 1 fully saturated rings. The van der Waals surface area contributed by atoms with Crippen LogP contribution < -0.4 is 5.73 Å². The SMILES string of the molecule is Cc1nn(C)c(C)c1C(=O)N1CCCC(CCN)C1.Cl. The zero-order valence-corrected chi connectivity index (χ0v) is 13.4. The van der Waals surface area contributed by atoms with Crippen LogP contribution >= 0.6 is 12.4 Å². The maximum atomic E-state index is 12.6. The first-order chi connectivity index (χ1) is 9.04. The van der Waals surface area contributed by atoms with Crippen molar-refractivity contribution in [3.8, 4) is 0 Å². The van der Waals surface area contributed by atoms with Crippen LogP contribution in [0.2, 0.25) is 0 Å². The summed E-state index contributed by atoms with van der Waals surface area (Å²) in [5, 5.41) is 4.33. The Morgan fingerprint density at radius 1 is 1.45 bits per heavy atom. The minimum atomic E-state index is 0. The van der Waals surface area contributed by atoms with Gasteiger partial charge >= 0.3 is 0 Å². The number of hydrogen-bond donors (Lipinski definition) is 1. The fraction of sp³-hybridized carbons (Fsp3) is 0.714. The fourth-order valence-electron chi connectivity index (χ4n) is 2.96. The van der Waals surface area contributed by atoms with Gasteiger partial charge in [0.1, 0.15) is 0 Å². The number of hydrogen-bond acceptors (Lipinski definition) is 3. The molecule has 1 aromatic heterocycles. The minimum absolute atomic E-state index is 0. The molecule has 1 unspecified atom stereocenters. The van der Waals surface area contributed by atoms with E-state index >= 15 is 0 Å². The molecular formula is C14H25ClN4O. The van der Waals surface area contributed by atoms with Crippen molar-refractivity contribution in [1.82, 2.24) is 14.7 Å². The van der Waals surface area contributed by atoms with E-state index in [1.165, 1.54) is 6.42 Å². The van der Waals surface area contributed by atoms with Crippen LogP contribution in [0.3, 0.4) is 0 Å². The van der Waals surface area contributed by atoms with E-state index in [2.05, 4.69) is 5.10 Å². The lowest BCUT2D eigenvalue weighted by Gasteiger charge is -2.32. The lowest BCUT2D eigenvalue weighted by Crippen LogP contribution is -2.40. The predicted molar refractivity (Wildman–Crippen MR) is 82.2 cm³/mol. The van der Waals surface area contributed by atoms with Crippen molar-refractivity contribution in [3.05, 3.63) is 17.0 Å². The summed E-state index contributed by atoms with van der Waals surface area (Å²) in [4.78, 5) is 14.6. The zero-order valence-electron chi connectivity index (χ0n) is 12.6. The maximum Gasteiger partial charge on any atom is 0.257 e. The molecule has 114 valence electrons. The van der Waals surface area contributed by atoms with Gasteiger partial charge in [-0.05, 0) is 45.6 Å². The Kier molecular flexibility index (Phi) is 6.02. The second-order valence-electron chi connectivity index (χ2n) is 5.51. The number of likely N-dealkylation sites (tertiary alicyclic amines) is 1. The number of rotatable bonds is 3. The van der Waals surface area contributed by atoms with Crippen molar-refractivity contribution >= 4 is 18.3 Å². The molecule has 6 heteroatoms. The molecule has 1 aliphatic rings. The Balaban J connectivity index is 0.00000200. The summed E-state index contributed by atoms with van der Waals surface area (Å²) in [5.74, 6) is 0.685. The number of aromatic nitrogens is 2. The average Bonchev–Trinajstić information content (AvgIpc) is 2.63. The Labute approximate surface area is 126 Å². The summed E-state index contributed by atoms with van der Waals surface area (Å²) in [5.41, 5.74) is 8.17. The fourth-order valence-corrected chi connectivity index (χ4v) is 2.96. The van der Waals surface area contributed by atoms with E-state index in [0.717, 1.165) is 42.9 Å².